The van der Waals surface area contributed by atoms with Crippen LogP contribution < -0.4 is 11.5 Å². The number of amides is 2. The number of hydrogen-bond donors (Lipinski definition) is 4. The molecule has 0 saturated carbocycles. The average molecular weight is 501 g/mol. The second-order valence-electron chi connectivity index (χ2n) is 8.91. The molecule has 2 heterocycles. The zero-order valence-electron chi connectivity index (χ0n) is 19.2. The zero-order valence-corrected chi connectivity index (χ0v) is 19.2. The number of carboxylic acid groups (broad SMARTS) is 2. The topological polar surface area (TPSA) is 133 Å². The van der Waals surface area contributed by atoms with Crippen LogP contribution in [-0.2, 0) is 0 Å². The highest BCUT2D eigenvalue weighted by Gasteiger charge is 2.33. The summed E-state index contributed by atoms with van der Waals surface area (Å²) in [6.07, 6.45) is 2.89. The second-order valence-corrected chi connectivity index (χ2v) is 8.91. The van der Waals surface area contributed by atoms with Crippen molar-refractivity contribution in [3.8, 4) is 0 Å². The van der Waals surface area contributed by atoms with E-state index in [0.29, 0.717) is 11.1 Å². The summed E-state index contributed by atoms with van der Waals surface area (Å²) in [6.45, 7) is 16.6. The van der Waals surface area contributed by atoms with Gasteiger partial charge < -0.3 is 31.5 Å². The number of carbonyl (C=O) groups is 2. The number of hydrogen-bond acceptors (Lipinski definition) is 4. The summed E-state index contributed by atoms with van der Waals surface area (Å²) >= 11 is 0. The summed E-state index contributed by atoms with van der Waals surface area (Å²) in [5.41, 5.74) is 8.91. The molecular weight excluding hydrogens is 432 g/mol. The Morgan fingerprint density at radius 2 is 0.853 bits per heavy atom. The first-order valence-corrected chi connectivity index (χ1v) is 9.96. The summed E-state index contributed by atoms with van der Waals surface area (Å²) in [7, 11) is 4.46. The van der Waals surface area contributed by atoms with Crippen LogP contribution in [0, 0.1) is 11.8 Å². The van der Waals surface area contributed by atoms with Crippen LogP contribution in [0.2, 0.25) is 0 Å². The van der Waals surface area contributed by atoms with Crippen molar-refractivity contribution in [1.29, 1.82) is 0 Å². The van der Waals surface area contributed by atoms with E-state index in [1.807, 2.05) is 0 Å². The number of nitrogens with two attached hydrogens (primary N) is 2. The van der Waals surface area contributed by atoms with E-state index in [9.17, 15) is 0 Å². The summed E-state index contributed by atoms with van der Waals surface area (Å²) in [6, 6.07) is 0. The zero-order chi connectivity index (χ0) is 22.7. The van der Waals surface area contributed by atoms with Crippen molar-refractivity contribution in [3.63, 3.8) is 0 Å². The largest absolute Gasteiger partial charge is 0.465 e. The first-order valence-electron chi connectivity index (χ1n) is 9.96. The second kappa shape index (κ2) is 24.6. The molecule has 0 aromatic carbocycles. The van der Waals surface area contributed by atoms with Gasteiger partial charge in [-0.1, -0.05) is 58.4 Å². The third kappa shape index (κ3) is 22.3. The van der Waals surface area contributed by atoms with Crippen LogP contribution in [0.25, 0.3) is 0 Å². The average Bonchev–Trinajstić information content (AvgIpc) is 2.51. The van der Waals surface area contributed by atoms with E-state index in [-0.39, 0.29) is 44.6 Å². The van der Waals surface area contributed by atoms with E-state index in [0.717, 1.165) is 11.8 Å². The smallest absolute Gasteiger partial charge is 0.402 e. The Kier molecular flexibility index (Phi) is 38.8. The lowest BCUT2D eigenvalue weighted by Crippen LogP contribution is -2.49. The molecule has 2 rings (SSSR count). The SMILES string of the molecule is C.C.C.C.C.C.CC1CCCN(C)C1(C)C.CC1CCCN(C)C1(C)C.NC(=O)O.NC(=O)O. The Labute approximate surface area is 215 Å². The molecule has 216 valence electrons. The molecule has 2 amide bonds. The van der Waals surface area contributed by atoms with Crippen LogP contribution in [0.4, 0.5) is 9.59 Å². The maximum atomic E-state index is 8.78. The van der Waals surface area contributed by atoms with E-state index in [4.69, 9.17) is 19.8 Å². The third-order valence-electron chi connectivity index (χ3n) is 6.64. The minimum absolute atomic E-state index is 0. The Bertz CT molecular complexity index is 398. The molecule has 2 aliphatic heterocycles. The van der Waals surface area contributed by atoms with Crippen molar-refractivity contribution in [3.05, 3.63) is 0 Å². The molecule has 0 aliphatic carbocycles. The highest BCUT2D eigenvalue weighted by molar-refractivity contribution is 5.61. The van der Waals surface area contributed by atoms with Crippen LogP contribution in [0.5, 0.6) is 0 Å². The summed E-state index contributed by atoms with van der Waals surface area (Å²) in [5.74, 6) is 1.71. The molecule has 2 atom stereocenters. The van der Waals surface area contributed by atoms with Gasteiger partial charge in [-0.15, -0.1) is 0 Å². The van der Waals surface area contributed by atoms with E-state index in [2.05, 4.69) is 76.9 Å². The van der Waals surface area contributed by atoms with Gasteiger partial charge in [-0.05, 0) is 92.4 Å². The molecule has 2 fully saturated rings. The van der Waals surface area contributed by atoms with Gasteiger partial charge >= 0.3 is 12.2 Å². The predicted molar refractivity (Wildman–Crippen MR) is 155 cm³/mol. The molecule has 6 N–H and O–H groups in total. The molecular formula is C26H68N4O4. The van der Waals surface area contributed by atoms with Crippen LogP contribution in [-0.4, -0.2) is 70.5 Å². The standard InChI is InChI=1S/2C9H19N.2CH3NO2.6CH4/c2*1-8-6-5-7-10(4)9(8,2)3;2*2-1(3)4;;;;;;/h2*8H,5-7H2,1-4H3;2*2H2,(H,3,4);6*1H4. The first kappa shape index (κ1) is 53.7. The Morgan fingerprint density at radius 1 is 0.676 bits per heavy atom. The number of primary amides is 2. The maximum Gasteiger partial charge on any atom is 0.402 e. The Morgan fingerprint density at radius 3 is 0.971 bits per heavy atom. The van der Waals surface area contributed by atoms with Gasteiger partial charge in [0, 0.05) is 11.1 Å². The van der Waals surface area contributed by atoms with Gasteiger partial charge in [0.15, 0.2) is 0 Å². The van der Waals surface area contributed by atoms with Crippen molar-refractivity contribution in [2.75, 3.05) is 27.2 Å². The van der Waals surface area contributed by atoms with Crippen LogP contribution in [0.15, 0.2) is 0 Å². The van der Waals surface area contributed by atoms with Crippen molar-refractivity contribution in [1.82, 2.24) is 9.80 Å². The minimum Gasteiger partial charge on any atom is -0.465 e. The van der Waals surface area contributed by atoms with Gasteiger partial charge in [0.05, 0.1) is 0 Å². The van der Waals surface area contributed by atoms with Crippen molar-refractivity contribution >= 4 is 12.2 Å². The first-order chi connectivity index (χ1) is 12.6. The number of nitrogens with zero attached hydrogens (tertiary/aromatic N) is 2. The van der Waals surface area contributed by atoms with E-state index >= 15 is 0 Å². The van der Waals surface area contributed by atoms with Crippen molar-refractivity contribution in [2.24, 2.45) is 23.3 Å². The summed E-state index contributed by atoms with van der Waals surface area (Å²) < 4.78 is 0. The minimum atomic E-state index is -1.33. The molecule has 0 aromatic rings. The monoisotopic (exact) mass is 501 g/mol. The molecule has 0 radical (unpaired) electrons. The lowest BCUT2D eigenvalue weighted by atomic mass is 9.81. The van der Waals surface area contributed by atoms with Crippen LogP contribution in [0.3, 0.4) is 0 Å². The maximum absolute atomic E-state index is 8.78. The van der Waals surface area contributed by atoms with Gasteiger partial charge in [0.2, 0.25) is 0 Å². The van der Waals surface area contributed by atoms with Gasteiger partial charge in [-0.2, -0.15) is 0 Å². The molecule has 0 aromatic heterocycles. The molecule has 34 heavy (non-hydrogen) atoms. The molecule has 2 saturated heterocycles. The number of rotatable bonds is 0. The molecule has 0 spiro atoms. The lowest BCUT2D eigenvalue weighted by molar-refractivity contribution is 0.0546. The quantitative estimate of drug-likeness (QED) is 0.275. The number of likely N-dealkylation sites (tertiary alicyclic amines) is 2. The highest BCUT2D eigenvalue weighted by Crippen LogP contribution is 2.31. The Balaban J connectivity index is -0.0000000448. The molecule has 0 bridgehead atoms. The van der Waals surface area contributed by atoms with E-state index < -0.39 is 12.2 Å². The van der Waals surface area contributed by atoms with Crippen LogP contribution in [0.1, 0.15) is 112 Å². The summed E-state index contributed by atoms with van der Waals surface area (Å²) in [5, 5.41) is 14.4. The van der Waals surface area contributed by atoms with E-state index in [1.54, 1.807) is 0 Å². The molecule has 8 heteroatoms. The molecule has 2 aliphatic rings. The van der Waals surface area contributed by atoms with Gasteiger partial charge in [-0.3, -0.25) is 0 Å². The van der Waals surface area contributed by atoms with Gasteiger partial charge in [-0.25, -0.2) is 9.59 Å². The van der Waals surface area contributed by atoms with Gasteiger partial charge in [0.1, 0.15) is 0 Å². The fourth-order valence-corrected chi connectivity index (χ4v) is 3.30. The molecule has 8 nitrogen and oxygen atoms in total. The van der Waals surface area contributed by atoms with Crippen molar-refractivity contribution < 1.29 is 19.8 Å². The third-order valence-corrected chi connectivity index (χ3v) is 6.64. The fourth-order valence-electron chi connectivity index (χ4n) is 3.30. The number of piperidine rings is 2. The molecule has 2 unspecified atom stereocenters. The Hall–Kier alpha value is -1.54. The van der Waals surface area contributed by atoms with Crippen LogP contribution >= 0.6 is 0 Å². The lowest BCUT2D eigenvalue weighted by Gasteiger charge is -2.44. The predicted octanol–water partition coefficient (Wildman–Crippen LogP) is 7.32. The summed E-state index contributed by atoms with van der Waals surface area (Å²) in [4.78, 5) is 22.5. The highest BCUT2D eigenvalue weighted by atomic mass is 16.4. The normalized spacial score (nSPS) is 21.5. The fraction of sp³-hybridized carbons (Fsp3) is 0.923. The van der Waals surface area contributed by atoms with Gasteiger partial charge in [0.25, 0.3) is 0 Å². The van der Waals surface area contributed by atoms with E-state index in [1.165, 1.54) is 38.8 Å². The van der Waals surface area contributed by atoms with Crippen molar-refractivity contribution in [2.45, 2.75) is 123 Å².